The van der Waals surface area contributed by atoms with Gasteiger partial charge in [-0.15, -0.1) is 11.6 Å². The Kier molecular flexibility index (Phi) is 10.1. The van der Waals surface area contributed by atoms with Crippen LogP contribution in [0.2, 0.25) is 10.0 Å². The number of hydrogen-bond donors (Lipinski definition) is 2. The van der Waals surface area contributed by atoms with Crippen LogP contribution in [0.4, 0.5) is 5.69 Å². The molecule has 2 N–H and O–H groups in total. The molecule has 0 spiro atoms. The molecular formula is C22H27Cl3N2O2S. The van der Waals surface area contributed by atoms with Crippen LogP contribution < -0.4 is 14.8 Å². The van der Waals surface area contributed by atoms with Crippen LogP contribution in [-0.2, 0) is 10.2 Å². The Bertz CT molecular complexity index is 822. The number of nitrogens with one attached hydrogen (secondary N) is 2. The van der Waals surface area contributed by atoms with Crippen molar-refractivity contribution >= 4 is 58.2 Å². The summed E-state index contributed by atoms with van der Waals surface area (Å²) in [4.78, 5) is 11.8. The number of ether oxygens (including phenoxy) is 1. The van der Waals surface area contributed by atoms with Crippen molar-refractivity contribution in [1.29, 1.82) is 0 Å². The smallest absolute Gasteiger partial charge is 0.166 e. The third kappa shape index (κ3) is 6.96. The Balaban J connectivity index is 2.12. The molecule has 2 aromatic rings. The number of rotatable bonds is 12. The van der Waals surface area contributed by atoms with Crippen molar-refractivity contribution in [3.63, 3.8) is 0 Å². The molecule has 0 atom stereocenters. The van der Waals surface area contributed by atoms with Crippen molar-refractivity contribution in [3.05, 3.63) is 57.6 Å². The van der Waals surface area contributed by atoms with Gasteiger partial charge in [-0.3, -0.25) is 9.52 Å². The lowest BCUT2D eigenvalue weighted by atomic mass is 9.78. The molecule has 0 fully saturated rings. The minimum atomic E-state index is -0.321. The van der Waals surface area contributed by atoms with Crippen molar-refractivity contribution in [1.82, 2.24) is 4.72 Å². The van der Waals surface area contributed by atoms with E-state index in [0.717, 1.165) is 23.2 Å². The molecule has 0 amide bonds. The largest absolute Gasteiger partial charge is 0.490 e. The number of alkyl halides is 1. The first-order chi connectivity index (χ1) is 14.3. The first kappa shape index (κ1) is 25.2. The van der Waals surface area contributed by atoms with Crippen LogP contribution in [0.25, 0.3) is 0 Å². The summed E-state index contributed by atoms with van der Waals surface area (Å²) in [5.41, 5.74) is 2.66. The summed E-state index contributed by atoms with van der Waals surface area (Å²) in [7, 11) is 0. The topological polar surface area (TPSA) is 50.4 Å². The fourth-order valence-corrected chi connectivity index (χ4v) is 3.89. The normalized spacial score (nSPS) is 11.4. The molecule has 0 aliphatic heterocycles. The molecule has 0 unspecified atom stereocenters. The lowest BCUT2D eigenvalue weighted by molar-refractivity contribution is -0.116. The van der Waals surface area contributed by atoms with Crippen LogP contribution in [0, 0.1) is 0 Å². The molecule has 2 rings (SSSR count). The molecule has 0 saturated carbocycles. The number of Topliss-reactive ketones (excluding diaryl/α,β-unsaturated/α-hetero) is 1. The van der Waals surface area contributed by atoms with Crippen LogP contribution >= 0.6 is 46.8 Å². The fraction of sp³-hybridized carbons (Fsp3) is 0.409. The second-order valence-electron chi connectivity index (χ2n) is 7.28. The standard InChI is InChI=1S/C22H27Cl3N2O2S/c1-22(2,16-11-19(24)21(20(25)12-16)29-10-4-9-23)15-5-7-17(8-6-15)26-13-18(28)14-27-30-3/h5-8,11-12,26-27H,4,9-10,13-14H2,1-3H3. The van der Waals surface area contributed by atoms with E-state index in [4.69, 9.17) is 39.5 Å². The number of halogens is 3. The summed E-state index contributed by atoms with van der Waals surface area (Å²) < 4.78 is 8.63. The highest BCUT2D eigenvalue weighted by Gasteiger charge is 2.25. The van der Waals surface area contributed by atoms with Gasteiger partial charge in [-0.05, 0) is 48.1 Å². The highest BCUT2D eigenvalue weighted by molar-refractivity contribution is 7.96. The number of carbonyl (C=O) groups is 1. The number of hydrogen-bond acceptors (Lipinski definition) is 5. The quantitative estimate of drug-likeness (QED) is 0.212. The molecule has 0 heterocycles. The zero-order valence-corrected chi connectivity index (χ0v) is 20.4. The van der Waals surface area contributed by atoms with Gasteiger partial charge in [0.2, 0.25) is 0 Å². The molecule has 164 valence electrons. The Labute approximate surface area is 198 Å². The molecule has 0 bridgehead atoms. The van der Waals surface area contributed by atoms with Crippen molar-refractivity contribution in [3.8, 4) is 5.75 Å². The Morgan fingerprint density at radius 1 is 1.07 bits per heavy atom. The van der Waals surface area contributed by atoms with Crippen molar-refractivity contribution in [2.75, 3.05) is 37.1 Å². The summed E-state index contributed by atoms with van der Waals surface area (Å²) in [6, 6.07) is 11.8. The van der Waals surface area contributed by atoms with E-state index in [1.165, 1.54) is 11.9 Å². The van der Waals surface area contributed by atoms with E-state index in [1.807, 2.05) is 42.7 Å². The third-order valence-corrected chi connectivity index (χ3v) is 6.02. The molecule has 0 aromatic heterocycles. The Morgan fingerprint density at radius 3 is 2.27 bits per heavy atom. The lowest BCUT2D eigenvalue weighted by Crippen LogP contribution is -2.24. The summed E-state index contributed by atoms with van der Waals surface area (Å²) in [5.74, 6) is 1.11. The molecule has 0 radical (unpaired) electrons. The van der Waals surface area contributed by atoms with E-state index >= 15 is 0 Å². The predicted molar refractivity (Wildman–Crippen MR) is 131 cm³/mol. The number of ketones is 1. The molecule has 30 heavy (non-hydrogen) atoms. The third-order valence-electron chi connectivity index (χ3n) is 4.75. The first-order valence-electron chi connectivity index (χ1n) is 9.59. The second-order valence-corrected chi connectivity index (χ2v) is 9.17. The molecule has 4 nitrogen and oxygen atoms in total. The average molecular weight is 490 g/mol. The van der Waals surface area contributed by atoms with Crippen molar-refractivity contribution in [2.45, 2.75) is 25.7 Å². The molecule has 2 aromatic carbocycles. The highest BCUT2D eigenvalue weighted by Crippen LogP contribution is 2.40. The SMILES string of the molecule is CSNCC(=O)CNc1ccc(C(C)(C)c2cc(Cl)c(OCCCCl)c(Cl)c2)cc1. The minimum absolute atomic E-state index is 0.103. The van der Waals surface area contributed by atoms with E-state index in [1.54, 1.807) is 0 Å². The maximum Gasteiger partial charge on any atom is 0.166 e. The fourth-order valence-electron chi connectivity index (χ4n) is 2.87. The number of carbonyl (C=O) groups excluding carboxylic acids is 1. The Morgan fingerprint density at radius 2 is 1.70 bits per heavy atom. The van der Waals surface area contributed by atoms with Crippen LogP contribution in [0.3, 0.4) is 0 Å². The van der Waals surface area contributed by atoms with Gasteiger partial charge in [-0.1, -0.05) is 61.1 Å². The van der Waals surface area contributed by atoms with Gasteiger partial charge in [-0.25, -0.2) is 0 Å². The maximum atomic E-state index is 11.8. The Hall–Kier alpha value is -1.11. The zero-order chi connectivity index (χ0) is 22.1. The van der Waals surface area contributed by atoms with Crippen molar-refractivity contribution in [2.24, 2.45) is 0 Å². The summed E-state index contributed by atoms with van der Waals surface area (Å²) in [6.07, 6.45) is 2.62. The van der Waals surface area contributed by atoms with Gasteiger partial charge < -0.3 is 10.1 Å². The van der Waals surface area contributed by atoms with E-state index in [9.17, 15) is 4.79 Å². The van der Waals surface area contributed by atoms with Gasteiger partial charge in [0.1, 0.15) is 0 Å². The molecule has 0 aliphatic carbocycles. The number of anilines is 1. The lowest BCUT2D eigenvalue weighted by Gasteiger charge is -2.27. The van der Waals surface area contributed by atoms with E-state index < -0.39 is 0 Å². The number of benzene rings is 2. The van der Waals surface area contributed by atoms with Crippen LogP contribution in [-0.4, -0.2) is 37.6 Å². The van der Waals surface area contributed by atoms with Gasteiger partial charge in [0.15, 0.2) is 11.5 Å². The summed E-state index contributed by atoms with van der Waals surface area (Å²) in [6.45, 7) is 5.32. The van der Waals surface area contributed by atoms with Crippen LogP contribution in [0.5, 0.6) is 5.75 Å². The van der Waals surface area contributed by atoms with Crippen LogP contribution in [0.1, 0.15) is 31.4 Å². The van der Waals surface area contributed by atoms with Gasteiger partial charge in [0, 0.05) is 17.0 Å². The average Bonchev–Trinajstić information content (AvgIpc) is 2.72. The van der Waals surface area contributed by atoms with Gasteiger partial charge >= 0.3 is 0 Å². The minimum Gasteiger partial charge on any atom is -0.490 e. The zero-order valence-electron chi connectivity index (χ0n) is 17.4. The predicted octanol–water partition coefficient (Wildman–Crippen LogP) is 6.18. The van der Waals surface area contributed by atoms with Gasteiger partial charge in [0.05, 0.1) is 29.7 Å². The molecule has 0 saturated heterocycles. The maximum absolute atomic E-state index is 11.8. The monoisotopic (exact) mass is 488 g/mol. The van der Waals surface area contributed by atoms with E-state index in [2.05, 4.69) is 23.9 Å². The molecule has 8 heteroatoms. The van der Waals surface area contributed by atoms with Crippen LogP contribution in [0.15, 0.2) is 36.4 Å². The van der Waals surface area contributed by atoms with E-state index in [-0.39, 0.29) is 17.7 Å². The second kappa shape index (κ2) is 12.1. The van der Waals surface area contributed by atoms with E-state index in [0.29, 0.717) is 34.8 Å². The van der Waals surface area contributed by atoms with Crippen molar-refractivity contribution < 1.29 is 9.53 Å². The highest BCUT2D eigenvalue weighted by atomic mass is 35.5. The first-order valence-corrected chi connectivity index (χ1v) is 12.1. The van der Waals surface area contributed by atoms with Gasteiger partial charge in [-0.2, -0.15) is 0 Å². The molecular weight excluding hydrogens is 463 g/mol. The van der Waals surface area contributed by atoms with Gasteiger partial charge in [0.25, 0.3) is 0 Å². The molecule has 0 aliphatic rings. The summed E-state index contributed by atoms with van der Waals surface area (Å²) >= 11 is 20.0. The summed E-state index contributed by atoms with van der Waals surface area (Å²) in [5, 5.41) is 4.12.